The van der Waals surface area contributed by atoms with Crippen LogP contribution in [0.25, 0.3) is 22.2 Å². The Morgan fingerprint density at radius 1 is 1.21 bits per heavy atom. The molecule has 0 spiro atoms. The van der Waals surface area contributed by atoms with Crippen molar-refractivity contribution in [3.8, 4) is 17.1 Å². The molecule has 1 aliphatic carbocycles. The number of nitrogens with zero attached hydrogens (tertiary/aromatic N) is 3. The lowest BCUT2D eigenvalue weighted by Gasteiger charge is -2.25. The van der Waals surface area contributed by atoms with Crippen LogP contribution in [0.15, 0.2) is 30.3 Å². The predicted molar refractivity (Wildman–Crippen MR) is 109 cm³/mol. The topological polar surface area (TPSA) is 109 Å². The lowest BCUT2D eigenvalue weighted by atomic mass is 9.96. The van der Waals surface area contributed by atoms with Crippen LogP contribution in [-0.4, -0.2) is 26.8 Å². The smallest absolute Gasteiger partial charge is 0.254 e. The predicted octanol–water partition coefficient (Wildman–Crippen LogP) is 3.47. The van der Waals surface area contributed by atoms with Crippen LogP contribution in [0, 0.1) is 0 Å². The van der Waals surface area contributed by atoms with Crippen molar-refractivity contribution in [1.29, 1.82) is 0 Å². The number of ether oxygens (including phenoxy) is 1. The van der Waals surface area contributed by atoms with Gasteiger partial charge in [-0.1, -0.05) is 6.07 Å². The number of rotatable bonds is 4. The minimum Gasteiger partial charge on any atom is -0.474 e. The Morgan fingerprint density at radius 3 is 2.57 bits per heavy atom. The number of nitrogens with two attached hydrogens (primary N) is 2. The van der Waals surface area contributed by atoms with Crippen LogP contribution in [0.2, 0.25) is 0 Å². The SMILES string of the molecule is CC(C)(C)n1nc(-c2ccc3nc(OC4CCC4)ccc3c2)c(C(N)=O)c1N. The van der Waals surface area contributed by atoms with E-state index >= 15 is 0 Å². The summed E-state index contributed by atoms with van der Waals surface area (Å²) < 4.78 is 7.52. The van der Waals surface area contributed by atoms with E-state index in [1.807, 2.05) is 51.1 Å². The molecule has 7 nitrogen and oxygen atoms in total. The molecule has 1 fully saturated rings. The highest BCUT2D eigenvalue weighted by Crippen LogP contribution is 2.33. The van der Waals surface area contributed by atoms with Gasteiger partial charge < -0.3 is 16.2 Å². The molecular formula is C21H25N5O2. The van der Waals surface area contributed by atoms with Gasteiger partial charge in [-0.3, -0.25) is 4.79 Å². The Balaban J connectivity index is 1.76. The van der Waals surface area contributed by atoms with Gasteiger partial charge in [0, 0.05) is 17.0 Å². The van der Waals surface area contributed by atoms with Gasteiger partial charge in [0.1, 0.15) is 23.2 Å². The van der Waals surface area contributed by atoms with Crippen molar-refractivity contribution >= 4 is 22.6 Å². The van der Waals surface area contributed by atoms with Gasteiger partial charge in [0.05, 0.1) is 11.1 Å². The second kappa shape index (κ2) is 6.51. The molecule has 1 saturated carbocycles. The van der Waals surface area contributed by atoms with Gasteiger partial charge in [-0.05, 0) is 58.2 Å². The molecule has 7 heteroatoms. The van der Waals surface area contributed by atoms with E-state index in [2.05, 4.69) is 10.1 Å². The molecule has 4 rings (SSSR count). The number of aromatic nitrogens is 3. The van der Waals surface area contributed by atoms with Gasteiger partial charge >= 0.3 is 0 Å². The molecular weight excluding hydrogens is 354 g/mol. The average molecular weight is 379 g/mol. The molecule has 146 valence electrons. The number of carbonyl (C=O) groups is 1. The third kappa shape index (κ3) is 3.17. The van der Waals surface area contributed by atoms with E-state index in [1.54, 1.807) is 4.68 Å². The number of fused-ring (bicyclic) bond motifs is 1. The lowest BCUT2D eigenvalue weighted by Crippen LogP contribution is -2.25. The van der Waals surface area contributed by atoms with Crippen LogP contribution >= 0.6 is 0 Å². The number of pyridine rings is 1. The van der Waals surface area contributed by atoms with E-state index < -0.39 is 5.91 Å². The van der Waals surface area contributed by atoms with Gasteiger partial charge in [0.25, 0.3) is 5.91 Å². The maximum absolute atomic E-state index is 12.1. The van der Waals surface area contributed by atoms with Crippen molar-refractivity contribution < 1.29 is 9.53 Å². The fraction of sp³-hybridized carbons (Fsp3) is 0.381. The number of amides is 1. The fourth-order valence-electron chi connectivity index (χ4n) is 3.37. The molecule has 1 aromatic carbocycles. The number of anilines is 1. The van der Waals surface area contributed by atoms with Crippen LogP contribution in [0.5, 0.6) is 5.88 Å². The molecule has 0 radical (unpaired) electrons. The number of hydrogen-bond acceptors (Lipinski definition) is 5. The number of hydrogen-bond donors (Lipinski definition) is 2. The molecule has 2 heterocycles. The second-order valence-electron chi connectivity index (χ2n) is 8.28. The highest BCUT2D eigenvalue weighted by atomic mass is 16.5. The van der Waals surface area contributed by atoms with Crippen molar-refractivity contribution in [2.45, 2.75) is 51.7 Å². The summed E-state index contributed by atoms with van der Waals surface area (Å²) in [5, 5.41) is 5.53. The first-order valence-electron chi connectivity index (χ1n) is 9.50. The summed E-state index contributed by atoms with van der Waals surface area (Å²) in [4.78, 5) is 16.6. The summed E-state index contributed by atoms with van der Waals surface area (Å²) in [5.74, 6) is 0.326. The summed E-state index contributed by atoms with van der Waals surface area (Å²) in [6, 6.07) is 9.56. The van der Waals surface area contributed by atoms with Crippen molar-refractivity contribution in [3.05, 3.63) is 35.9 Å². The quantitative estimate of drug-likeness (QED) is 0.721. The normalized spacial score (nSPS) is 14.8. The molecule has 2 aromatic heterocycles. The molecule has 0 atom stereocenters. The Kier molecular flexibility index (Phi) is 4.25. The molecule has 0 aliphatic heterocycles. The van der Waals surface area contributed by atoms with E-state index in [4.69, 9.17) is 16.2 Å². The average Bonchev–Trinajstić information content (AvgIpc) is 2.95. The highest BCUT2D eigenvalue weighted by Gasteiger charge is 2.27. The van der Waals surface area contributed by atoms with Crippen LogP contribution in [-0.2, 0) is 5.54 Å². The van der Waals surface area contributed by atoms with Gasteiger partial charge in [0.2, 0.25) is 5.88 Å². The van der Waals surface area contributed by atoms with Crippen molar-refractivity contribution in [3.63, 3.8) is 0 Å². The second-order valence-corrected chi connectivity index (χ2v) is 8.28. The molecule has 0 saturated heterocycles. The van der Waals surface area contributed by atoms with Gasteiger partial charge in [-0.25, -0.2) is 9.67 Å². The first kappa shape index (κ1) is 18.3. The lowest BCUT2D eigenvalue weighted by molar-refractivity contribution is 0.100. The molecule has 28 heavy (non-hydrogen) atoms. The summed E-state index contributed by atoms with van der Waals surface area (Å²) in [5.41, 5.74) is 13.7. The summed E-state index contributed by atoms with van der Waals surface area (Å²) in [6.07, 6.45) is 3.68. The molecule has 0 bridgehead atoms. The van der Waals surface area contributed by atoms with Crippen LogP contribution in [0.4, 0.5) is 5.82 Å². The zero-order valence-electron chi connectivity index (χ0n) is 16.4. The first-order valence-corrected chi connectivity index (χ1v) is 9.50. The number of carbonyl (C=O) groups excluding carboxylic acids is 1. The van der Waals surface area contributed by atoms with E-state index in [1.165, 1.54) is 6.42 Å². The van der Waals surface area contributed by atoms with Gasteiger partial charge in [-0.15, -0.1) is 0 Å². The third-order valence-electron chi connectivity index (χ3n) is 5.08. The molecule has 3 aromatic rings. The summed E-state index contributed by atoms with van der Waals surface area (Å²) in [7, 11) is 0. The minimum atomic E-state index is -0.592. The van der Waals surface area contributed by atoms with Crippen molar-refractivity contribution in [1.82, 2.24) is 14.8 Å². The Bertz CT molecular complexity index is 1060. The third-order valence-corrected chi connectivity index (χ3v) is 5.08. The van der Waals surface area contributed by atoms with Crippen LogP contribution in [0.1, 0.15) is 50.4 Å². The Hall–Kier alpha value is -3.09. The van der Waals surface area contributed by atoms with E-state index in [0.29, 0.717) is 11.6 Å². The Morgan fingerprint density at radius 2 is 1.96 bits per heavy atom. The first-order chi connectivity index (χ1) is 13.2. The minimum absolute atomic E-state index is 0.243. The number of nitrogen functional groups attached to an aromatic ring is 1. The monoisotopic (exact) mass is 379 g/mol. The molecule has 1 aliphatic rings. The maximum atomic E-state index is 12.1. The largest absolute Gasteiger partial charge is 0.474 e. The van der Waals surface area contributed by atoms with Crippen LogP contribution in [0.3, 0.4) is 0 Å². The highest BCUT2D eigenvalue weighted by molar-refractivity contribution is 6.04. The zero-order chi connectivity index (χ0) is 20.1. The van der Waals surface area contributed by atoms with Gasteiger partial charge in [-0.2, -0.15) is 5.10 Å². The molecule has 0 unspecified atom stereocenters. The standard InChI is InChI=1S/C21H25N5O2/c1-21(2,3)26-19(22)17(20(23)27)18(25-26)13-7-9-15-12(11-13)8-10-16(24-15)28-14-5-4-6-14/h7-11,14H,4-6,22H2,1-3H3,(H2,23,27). The summed E-state index contributed by atoms with van der Waals surface area (Å²) in [6.45, 7) is 5.91. The van der Waals surface area contributed by atoms with E-state index in [-0.39, 0.29) is 23.0 Å². The van der Waals surface area contributed by atoms with E-state index in [0.717, 1.165) is 29.3 Å². The molecule has 4 N–H and O–H groups in total. The van der Waals surface area contributed by atoms with Crippen molar-refractivity contribution in [2.24, 2.45) is 5.73 Å². The zero-order valence-corrected chi connectivity index (χ0v) is 16.4. The van der Waals surface area contributed by atoms with Gasteiger partial charge in [0.15, 0.2) is 0 Å². The maximum Gasteiger partial charge on any atom is 0.254 e. The van der Waals surface area contributed by atoms with Crippen molar-refractivity contribution in [2.75, 3.05) is 5.73 Å². The summed E-state index contributed by atoms with van der Waals surface area (Å²) >= 11 is 0. The Labute approximate surface area is 163 Å². The molecule has 1 amide bonds. The fourth-order valence-corrected chi connectivity index (χ4v) is 3.37. The number of benzene rings is 1. The van der Waals surface area contributed by atoms with E-state index in [9.17, 15) is 4.79 Å². The number of primary amides is 1. The van der Waals surface area contributed by atoms with Crippen LogP contribution < -0.4 is 16.2 Å².